The van der Waals surface area contributed by atoms with E-state index in [1.54, 1.807) is 20.9 Å². The molecule has 0 aromatic heterocycles. The average molecular weight is 375 g/mol. The first kappa shape index (κ1) is 20.5. The monoisotopic (exact) mass is 374 g/mol. The molecular formula is C17H34N4O3S. The highest BCUT2D eigenvalue weighted by Gasteiger charge is 2.41. The third-order valence-electron chi connectivity index (χ3n) is 5.31. The van der Waals surface area contributed by atoms with E-state index in [0.29, 0.717) is 25.0 Å². The lowest BCUT2D eigenvalue weighted by Gasteiger charge is -2.41. The van der Waals surface area contributed by atoms with E-state index in [1.807, 2.05) is 0 Å². The Hall–Kier alpha value is -0.860. The Labute approximate surface area is 152 Å². The summed E-state index contributed by atoms with van der Waals surface area (Å²) in [5.74, 6) is 1.49. The molecule has 25 heavy (non-hydrogen) atoms. The van der Waals surface area contributed by atoms with E-state index in [2.05, 4.69) is 34.0 Å². The maximum atomic E-state index is 12.2. The Morgan fingerprint density at radius 1 is 1.24 bits per heavy atom. The van der Waals surface area contributed by atoms with Gasteiger partial charge in [0, 0.05) is 45.8 Å². The van der Waals surface area contributed by atoms with Gasteiger partial charge in [0.15, 0.2) is 15.8 Å². The molecule has 0 saturated carbocycles. The summed E-state index contributed by atoms with van der Waals surface area (Å²) in [4.78, 5) is 8.93. The number of nitrogens with one attached hydrogen (secondary N) is 1. The zero-order valence-corrected chi connectivity index (χ0v) is 17.1. The van der Waals surface area contributed by atoms with Crippen LogP contribution < -0.4 is 5.32 Å². The molecule has 7 nitrogen and oxygen atoms in total. The molecule has 2 rings (SSSR count). The molecule has 1 N–H and O–H groups in total. The van der Waals surface area contributed by atoms with E-state index in [4.69, 9.17) is 4.74 Å². The smallest absolute Gasteiger partial charge is 0.193 e. The van der Waals surface area contributed by atoms with Gasteiger partial charge in [0.1, 0.15) is 0 Å². The fourth-order valence-corrected chi connectivity index (χ4v) is 4.91. The largest absolute Gasteiger partial charge is 0.379 e. The van der Waals surface area contributed by atoms with Gasteiger partial charge < -0.3 is 15.0 Å². The first-order chi connectivity index (χ1) is 11.7. The van der Waals surface area contributed by atoms with Crippen LogP contribution in [0.1, 0.15) is 27.7 Å². The molecule has 0 radical (unpaired) electrons. The van der Waals surface area contributed by atoms with Crippen molar-refractivity contribution < 1.29 is 13.2 Å². The van der Waals surface area contributed by atoms with Crippen molar-refractivity contribution in [2.24, 2.45) is 10.9 Å². The summed E-state index contributed by atoms with van der Waals surface area (Å²) in [6, 6.07) is 0.405. The highest BCUT2D eigenvalue weighted by Crippen LogP contribution is 2.23. The van der Waals surface area contributed by atoms with Gasteiger partial charge in [0.05, 0.1) is 23.7 Å². The second-order valence-electron chi connectivity index (χ2n) is 7.89. The molecule has 1 unspecified atom stereocenters. The molecule has 8 heteroatoms. The molecule has 2 heterocycles. The maximum absolute atomic E-state index is 12.2. The van der Waals surface area contributed by atoms with Crippen molar-refractivity contribution in [2.75, 3.05) is 58.7 Å². The van der Waals surface area contributed by atoms with Gasteiger partial charge in [-0.05, 0) is 19.8 Å². The molecule has 146 valence electrons. The summed E-state index contributed by atoms with van der Waals surface area (Å²) < 4.78 is 29.2. The molecule has 2 fully saturated rings. The van der Waals surface area contributed by atoms with Gasteiger partial charge in [-0.25, -0.2) is 8.42 Å². The maximum Gasteiger partial charge on any atom is 0.193 e. The van der Waals surface area contributed by atoms with Crippen LogP contribution in [0.5, 0.6) is 0 Å². The Balaban J connectivity index is 1.99. The van der Waals surface area contributed by atoms with Gasteiger partial charge >= 0.3 is 0 Å². The predicted molar refractivity (Wildman–Crippen MR) is 102 cm³/mol. The third-order valence-corrected chi connectivity index (χ3v) is 7.84. The van der Waals surface area contributed by atoms with Gasteiger partial charge in [-0.3, -0.25) is 9.89 Å². The molecule has 2 aliphatic heterocycles. The van der Waals surface area contributed by atoms with Crippen molar-refractivity contribution in [3.05, 3.63) is 0 Å². The first-order valence-electron chi connectivity index (χ1n) is 9.17. The van der Waals surface area contributed by atoms with Crippen LogP contribution in [0.25, 0.3) is 0 Å². The van der Waals surface area contributed by atoms with Gasteiger partial charge in [0.2, 0.25) is 0 Å². The Morgan fingerprint density at radius 2 is 1.88 bits per heavy atom. The fraction of sp³-hybridized carbons (Fsp3) is 0.941. The Kier molecular flexibility index (Phi) is 6.73. The number of nitrogens with zero attached hydrogens (tertiary/aromatic N) is 3. The van der Waals surface area contributed by atoms with Crippen LogP contribution in [0, 0.1) is 5.92 Å². The molecule has 2 saturated heterocycles. The average Bonchev–Trinajstić information content (AvgIpc) is 2.55. The topological polar surface area (TPSA) is 74.2 Å². The SMILES string of the molecule is CN=C(NCC(C(C)C)N1CCOCC1)N1CCS(=O)(=O)C(C)(C)C1. The predicted octanol–water partition coefficient (Wildman–Crippen LogP) is 0.428. The van der Waals surface area contributed by atoms with Gasteiger partial charge in [-0.15, -0.1) is 0 Å². The molecule has 2 aliphatic rings. The molecule has 0 aromatic rings. The van der Waals surface area contributed by atoms with Gasteiger partial charge in [-0.2, -0.15) is 0 Å². The number of ether oxygens (including phenoxy) is 1. The van der Waals surface area contributed by atoms with Crippen LogP contribution in [-0.2, 0) is 14.6 Å². The molecule has 0 spiro atoms. The van der Waals surface area contributed by atoms with Crippen LogP contribution in [0.2, 0.25) is 0 Å². The Bertz CT molecular complexity index is 568. The van der Waals surface area contributed by atoms with Crippen molar-refractivity contribution in [3.63, 3.8) is 0 Å². The summed E-state index contributed by atoms with van der Waals surface area (Å²) in [5, 5.41) is 3.48. The molecular weight excluding hydrogens is 340 g/mol. The quantitative estimate of drug-likeness (QED) is 0.568. The lowest BCUT2D eigenvalue weighted by Crippen LogP contribution is -2.59. The lowest BCUT2D eigenvalue weighted by atomic mass is 10.0. The summed E-state index contributed by atoms with van der Waals surface area (Å²) in [6.07, 6.45) is 0. The van der Waals surface area contributed by atoms with Crippen molar-refractivity contribution in [1.82, 2.24) is 15.1 Å². The second kappa shape index (κ2) is 8.22. The van der Waals surface area contributed by atoms with Crippen LogP contribution in [0.3, 0.4) is 0 Å². The number of hydrogen-bond donors (Lipinski definition) is 1. The summed E-state index contributed by atoms with van der Waals surface area (Å²) in [7, 11) is -1.28. The zero-order chi connectivity index (χ0) is 18.7. The summed E-state index contributed by atoms with van der Waals surface area (Å²) in [6.45, 7) is 13.3. The number of guanidine groups is 1. The normalized spacial score (nSPS) is 25.8. The van der Waals surface area contributed by atoms with Gasteiger partial charge in [-0.1, -0.05) is 13.8 Å². The molecule has 0 amide bonds. The van der Waals surface area contributed by atoms with E-state index in [-0.39, 0.29) is 5.75 Å². The van der Waals surface area contributed by atoms with E-state index in [9.17, 15) is 8.42 Å². The highest BCUT2D eigenvalue weighted by atomic mass is 32.2. The highest BCUT2D eigenvalue weighted by molar-refractivity contribution is 7.92. The molecule has 0 aliphatic carbocycles. The number of hydrogen-bond acceptors (Lipinski definition) is 5. The molecule has 1 atom stereocenters. The molecule has 0 aromatic carbocycles. The molecule has 0 bridgehead atoms. The van der Waals surface area contributed by atoms with Crippen molar-refractivity contribution in [1.29, 1.82) is 0 Å². The van der Waals surface area contributed by atoms with E-state index < -0.39 is 14.6 Å². The minimum Gasteiger partial charge on any atom is -0.379 e. The lowest BCUT2D eigenvalue weighted by molar-refractivity contribution is 0.00739. The van der Waals surface area contributed by atoms with Crippen LogP contribution in [-0.4, -0.2) is 93.7 Å². The Morgan fingerprint density at radius 3 is 2.40 bits per heavy atom. The minimum absolute atomic E-state index is 0.178. The van der Waals surface area contributed by atoms with Crippen LogP contribution in [0.15, 0.2) is 4.99 Å². The summed E-state index contributed by atoms with van der Waals surface area (Å²) in [5.41, 5.74) is 0. The number of rotatable bonds is 4. The number of sulfone groups is 1. The zero-order valence-electron chi connectivity index (χ0n) is 16.3. The second-order valence-corrected chi connectivity index (χ2v) is 10.6. The fourth-order valence-electron chi connectivity index (χ4n) is 3.55. The summed E-state index contributed by atoms with van der Waals surface area (Å²) >= 11 is 0. The third kappa shape index (κ3) is 4.86. The standard InChI is InChI=1S/C17H34N4O3S/c1-14(2)15(20-6-9-24-10-7-20)12-19-16(18-5)21-8-11-25(22,23)17(3,4)13-21/h14-15H,6-13H2,1-5H3,(H,18,19). The minimum atomic E-state index is -3.04. The number of morpholine rings is 1. The van der Waals surface area contributed by atoms with Crippen molar-refractivity contribution >= 4 is 15.8 Å². The van der Waals surface area contributed by atoms with Gasteiger partial charge in [0.25, 0.3) is 0 Å². The van der Waals surface area contributed by atoms with Crippen molar-refractivity contribution in [2.45, 2.75) is 38.5 Å². The van der Waals surface area contributed by atoms with Crippen molar-refractivity contribution in [3.8, 4) is 0 Å². The van der Waals surface area contributed by atoms with Crippen LogP contribution >= 0.6 is 0 Å². The van der Waals surface area contributed by atoms with E-state index >= 15 is 0 Å². The first-order valence-corrected chi connectivity index (χ1v) is 10.8. The number of aliphatic imine (C=N–C) groups is 1. The van der Waals surface area contributed by atoms with E-state index in [1.165, 1.54) is 0 Å². The van der Waals surface area contributed by atoms with Crippen LogP contribution in [0.4, 0.5) is 0 Å². The van der Waals surface area contributed by atoms with E-state index in [0.717, 1.165) is 38.8 Å².